The SMILES string of the molecule is C[C@@H]1CCCN(C(=O)Cc2csc(NS(=O)(=O)c3ccc(Cl)cc3)n2)C1. The first-order chi connectivity index (χ1) is 12.3. The van der Waals surface area contributed by atoms with Gasteiger partial charge in [-0.15, -0.1) is 11.3 Å². The normalized spacial score (nSPS) is 17.9. The predicted molar refractivity (Wildman–Crippen MR) is 103 cm³/mol. The zero-order chi connectivity index (χ0) is 18.7. The van der Waals surface area contributed by atoms with Gasteiger partial charge in [0.05, 0.1) is 17.0 Å². The number of hydrogen-bond acceptors (Lipinski definition) is 5. The Morgan fingerprint density at radius 1 is 1.38 bits per heavy atom. The Morgan fingerprint density at radius 3 is 2.81 bits per heavy atom. The second kappa shape index (κ2) is 7.94. The van der Waals surface area contributed by atoms with Gasteiger partial charge in [0.15, 0.2) is 5.13 Å². The zero-order valence-corrected chi connectivity index (χ0v) is 16.7. The van der Waals surface area contributed by atoms with Crippen LogP contribution in [0.2, 0.25) is 5.02 Å². The van der Waals surface area contributed by atoms with E-state index >= 15 is 0 Å². The van der Waals surface area contributed by atoms with E-state index in [1.165, 1.54) is 35.6 Å². The fraction of sp³-hybridized carbons (Fsp3) is 0.412. The Bertz CT molecular complexity index is 881. The van der Waals surface area contributed by atoms with Crippen molar-refractivity contribution in [2.45, 2.75) is 31.1 Å². The molecule has 0 spiro atoms. The topological polar surface area (TPSA) is 79.4 Å². The molecule has 0 saturated carbocycles. The average Bonchev–Trinajstić information content (AvgIpc) is 3.01. The van der Waals surface area contributed by atoms with Crippen LogP contribution in [0, 0.1) is 5.92 Å². The molecule has 1 aromatic carbocycles. The Morgan fingerprint density at radius 2 is 2.12 bits per heavy atom. The highest BCUT2D eigenvalue weighted by molar-refractivity contribution is 7.93. The first-order valence-electron chi connectivity index (χ1n) is 8.34. The molecule has 2 aromatic rings. The van der Waals surface area contributed by atoms with Crippen LogP contribution in [0.15, 0.2) is 34.5 Å². The van der Waals surface area contributed by atoms with Crippen LogP contribution in [0.25, 0.3) is 0 Å². The molecular weight excluding hydrogens is 394 g/mol. The van der Waals surface area contributed by atoms with E-state index in [4.69, 9.17) is 11.6 Å². The van der Waals surface area contributed by atoms with Gasteiger partial charge in [0.1, 0.15) is 0 Å². The van der Waals surface area contributed by atoms with Gasteiger partial charge < -0.3 is 4.90 Å². The van der Waals surface area contributed by atoms with Gasteiger partial charge in [-0.25, -0.2) is 13.4 Å². The number of thiazole rings is 1. The summed E-state index contributed by atoms with van der Waals surface area (Å²) in [6.45, 7) is 3.70. The summed E-state index contributed by atoms with van der Waals surface area (Å²) in [6, 6.07) is 5.89. The molecule has 9 heteroatoms. The second-order valence-electron chi connectivity index (χ2n) is 6.47. The van der Waals surface area contributed by atoms with Gasteiger partial charge in [0.2, 0.25) is 5.91 Å². The Balaban J connectivity index is 1.64. The van der Waals surface area contributed by atoms with Crippen molar-refractivity contribution in [2.75, 3.05) is 17.8 Å². The number of amides is 1. The maximum Gasteiger partial charge on any atom is 0.263 e. The van der Waals surface area contributed by atoms with Crippen LogP contribution in [0.4, 0.5) is 5.13 Å². The van der Waals surface area contributed by atoms with Crippen molar-refractivity contribution < 1.29 is 13.2 Å². The van der Waals surface area contributed by atoms with Gasteiger partial charge in [0.25, 0.3) is 10.0 Å². The van der Waals surface area contributed by atoms with Crippen LogP contribution in [0.1, 0.15) is 25.5 Å². The largest absolute Gasteiger partial charge is 0.342 e. The Labute approximate surface area is 162 Å². The van der Waals surface area contributed by atoms with Gasteiger partial charge in [-0.2, -0.15) is 0 Å². The number of carbonyl (C=O) groups is 1. The monoisotopic (exact) mass is 413 g/mol. The number of carbonyl (C=O) groups excluding carboxylic acids is 1. The van der Waals surface area contributed by atoms with E-state index in [2.05, 4.69) is 16.6 Å². The molecule has 3 rings (SSSR count). The highest BCUT2D eigenvalue weighted by Crippen LogP contribution is 2.22. The lowest BCUT2D eigenvalue weighted by atomic mass is 10.00. The highest BCUT2D eigenvalue weighted by Gasteiger charge is 2.22. The van der Waals surface area contributed by atoms with Crippen LogP contribution in [-0.2, 0) is 21.2 Å². The minimum atomic E-state index is -3.73. The molecule has 0 bridgehead atoms. The number of nitrogens with one attached hydrogen (secondary N) is 1. The maximum absolute atomic E-state index is 12.4. The third-order valence-electron chi connectivity index (χ3n) is 4.24. The van der Waals surface area contributed by atoms with Crippen molar-refractivity contribution in [3.63, 3.8) is 0 Å². The smallest absolute Gasteiger partial charge is 0.263 e. The first kappa shape index (κ1) is 19.1. The summed E-state index contributed by atoms with van der Waals surface area (Å²) >= 11 is 6.95. The molecule has 0 unspecified atom stereocenters. The van der Waals surface area contributed by atoms with E-state index in [0.717, 1.165) is 25.9 Å². The lowest BCUT2D eigenvalue weighted by Crippen LogP contribution is -2.39. The number of piperidine rings is 1. The number of aromatic nitrogens is 1. The summed E-state index contributed by atoms with van der Waals surface area (Å²) in [5.41, 5.74) is 0.576. The fourth-order valence-electron chi connectivity index (χ4n) is 2.91. The van der Waals surface area contributed by atoms with Crippen LogP contribution in [0.5, 0.6) is 0 Å². The number of nitrogens with zero attached hydrogens (tertiary/aromatic N) is 2. The lowest BCUT2D eigenvalue weighted by Gasteiger charge is -2.30. The molecule has 1 saturated heterocycles. The molecule has 1 aliphatic heterocycles. The molecule has 2 heterocycles. The molecule has 1 aliphatic rings. The van der Waals surface area contributed by atoms with E-state index in [1.54, 1.807) is 5.38 Å². The summed E-state index contributed by atoms with van der Waals surface area (Å²) < 4.78 is 27.2. The molecular formula is C17H20ClN3O3S2. The molecule has 1 N–H and O–H groups in total. The summed E-state index contributed by atoms with van der Waals surface area (Å²) in [5, 5.41) is 2.42. The van der Waals surface area contributed by atoms with E-state index in [0.29, 0.717) is 16.6 Å². The third-order valence-corrected chi connectivity index (χ3v) is 6.78. The van der Waals surface area contributed by atoms with Crippen LogP contribution in [0.3, 0.4) is 0 Å². The highest BCUT2D eigenvalue weighted by atomic mass is 35.5. The zero-order valence-electron chi connectivity index (χ0n) is 14.3. The number of halogens is 1. The molecule has 0 radical (unpaired) electrons. The lowest BCUT2D eigenvalue weighted by molar-refractivity contribution is -0.132. The van der Waals surface area contributed by atoms with Crippen molar-refractivity contribution >= 4 is 44.0 Å². The molecule has 0 aliphatic carbocycles. The minimum absolute atomic E-state index is 0.0361. The quantitative estimate of drug-likeness (QED) is 0.814. The van der Waals surface area contributed by atoms with Gasteiger partial charge in [0, 0.05) is 23.5 Å². The number of hydrogen-bond donors (Lipinski definition) is 1. The molecule has 1 amide bonds. The van der Waals surface area contributed by atoms with Crippen LogP contribution < -0.4 is 4.72 Å². The summed E-state index contributed by atoms with van der Waals surface area (Å²) in [5.74, 6) is 0.554. The molecule has 6 nitrogen and oxygen atoms in total. The predicted octanol–water partition coefficient (Wildman–Crippen LogP) is 3.40. The van der Waals surface area contributed by atoms with Crippen LogP contribution >= 0.6 is 22.9 Å². The number of sulfonamides is 1. The van der Waals surface area contributed by atoms with Gasteiger partial charge >= 0.3 is 0 Å². The first-order valence-corrected chi connectivity index (χ1v) is 11.1. The molecule has 26 heavy (non-hydrogen) atoms. The van der Waals surface area contributed by atoms with E-state index in [1.807, 2.05) is 4.90 Å². The van der Waals surface area contributed by atoms with E-state index in [9.17, 15) is 13.2 Å². The third kappa shape index (κ3) is 4.75. The van der Waals surface area contributed by atoms with Crippen molar-refractivity contribution in [3.8, 4) is 0 Å². The standard InChI is InChI=1S/C17H20ClN3O3S2/c1-12-3-2-8-21(10-12)16(22)9-14-11-25-17(19-14)20-26(23,24)15-6-4-13(18)5-7-15/h4-7,11-12H,2-3,8-10H2,1H3,(H,19,20)/t12-/m1/s1. The summed E-state index contributed by atoms with van der Waals surface area (Å²) in [7, 11) is -3.73. The molecule has 1 fully saturated rings. The summed E-state index contributed by atoms with van der Waals surface area (Å²) in [6.07, 6.45) is 2.36. The minimum Gasteiger partial charge on any atom is -0.342 e. The van der Waals surface area contributed by atoms with Gasteiger partial charge in [-0.05, 0) is 43.0 Å². The fourth-order valence-corrected chi connectivity index (χ4v) is 4.99. The Kier molecular flexibility index (Phi) is 5.84. The molecule has 140 valence electrons. The van der Waals surface area contributed by atoms with Crippen LogP contribution in [-0.4, -0.2) is 37.3 Å². The van der Waals surface area contributed by atoms with E-state index < -0.39 is 10.0 Å². The van der Waals surface area contributed by atoms with Crippen molar-refractivity contribution in [1.29, 1.82) is 0 Å². The number of likely N-dealkylation sites (tertiary alicyclic amines) is 1. The number of anilines is 1. The average molecular weight is 414 g/mol. The molecule has 1 atom stereocenters. The second-order valence-corrected chi connectivity index (χ2v) is 9.44. The van der Waals surface area contributed by atoms with Gasteiger partial charge in [-0.3, -0.25) is 9.52 Å². The maximum atomic E-state index is 12.4. The number of rotatable bonds is 5. The van der Waals surface area contributed by atoms with Crippen molar-refractivity contribution in [1.82, 2.24) is 9.88 Å². The van der Waals surface area contributed by atoms with E-state index in [-0.39, 0.29) is 22.4 Å². The Hall–Kier alpha value is -1.64. The molecule has 1 aromatic heterocycles. The number of benzene rings is 1. The van der Waals surface area contributed by atoms with Crippen molar-refractivity contribution in [3.05, 3.63) is 40.4 Å². The van der Waals surface area contributed by atoms with Crippen molar-refractivity contribution in [2.24, 2.45) is 5.92 Å². The summed E-state index contributed by atoms with van der Waals surface area (Å²) in [4.78, 5) is 18.6. The van der Waals surface area contributed by atoms with Gasteiger partial charge in [-0.1, -0.05) is 18.5 Å².